The molecule has 0 unspecified atom stereocenters. The van der Waals surface area contributed by atoms with Crippen LogP contribution in [-0.2, 0) is 4.52 Å². The van der Waals surface area contributed by atoms with Gasteiger partial charge in [0.25, 0.3) is 0 Å². The third-order valence-corrected chi connectivity index (χ3v) is 5.27. The Kier molecular flexibility index (Phi) is 10.7. The van der Waals surface area contributed by atoms with Crippen molar-refractivity contribution in [1.82, 2.24) is 10.6 Å². The predicted molar refractivity (Wildman–Crippen MR) is 112 cm³/mol. The second-order valence-corrected chi connectivity index (χ2v) is 7.80. The number of unbranched alkanes of at least 4 members (excludes halogenated alkanes) is 1. The minimum Gasteiger partial charge on any atom is -0.356 e. The summed E-state index contributed by atoms with van der Waals surface area (Å²) in [4.78, 5) is 21.0. The smallest absolute Gasteiger partial charge is 0.327 e. The summed E-state index contributed by atoms with van der Waals surface area (Å²) in [5, 5.41) is 6.57. The van der Waals surface area contributed by atoms with Crippen molar-refractivity contribution < 1.29 is 14.3 Å². The van der Waals surface area contributed by atoms with Gasteiger partial charge in [0.1, 0.15) is 0 Å². The summed E-state index contributed by atoms with van der Waals surface area (Å²) in [6, 6.07) is 8.82. The van der Waals surface area contributed by atoms with E-state index >= 15 is 0 Å². The Labute approximate surface area is 164 Å². The Hall–Kier alpha value is -1.20. The van der Waals surface area contributed by atoms with Crippen molar-refractivity contribution in [2.24, 2.45) is 4.99 Å². The number of benzene rings is 1. The second-order valence-electron chi connectivity index (χ2n) is 7.03. The van der Waals surface area contributed by atoms with Crippen LogP contribution in [-0.4, -0.2) is 35.4 Å². The second kappa shape index (κ2) is 13.1. The Bertz CT molecular complexity index is 538. The van der Waals surface area contributed by atoms with E-state index in [4.69, 9.17) is 9.79 Å². The maximum atomic E-state index is 8.18. The van der Waals surface area contributed by atoms with Crippen LogP contribution in [0.25, 0.3) is 0 Å². The first-order valence-electron chi connectivity index (χ1n) is 10.2. The van der Waals surface area contributed by atoms with Crippen LogP contribution < -0.4 is 10.6 Å². The van der Waals surface area contributed by atoms with Crippen LogP contribution in [0, 0.1) is 0 Å². The first kappa shape index (κ1) is 22.1. The maximum Gasteiger partial charge on any atom is 0.327 e. The maximum absolute atomic E-state index is 8.18. The van der Waals surface area contributed by atoms with Crippen molar-refractivity contribution in [3.05, 3.63) is 29.8 Å². The van der Waals surface area contributed by atoms with Crippen molar-refractivity contribution in [2.45, 2.75) is 64.2 Å². The Balaban J connectivity index is 0.000000279. The highest BCUT2D eigenvalue weighted by molar-refractivity contribution is 7.39. The van der Waals surface area contributed by atoms with E-state index in [-0.39, 0.29) is 0 Å². The van der Waals surface area contributed by atoms with Gasteiger partial charge in [0.2, 0.25) is 0 Å². The zero-order valence-corrected chi connectivity index (χ0v) is 17.3. The van der Waals surface area contributed by atoms with Gasteiger partial charge in [0.05, 0.1) is 12.3 Å². The van der Waals surface area contributed by atoms with Crippen LogP contribution in [0.5, 0.6) is 0 Å². The van der Waals surface area contributed by atoms with E-state index in [1.54, 1.807) is 0 Å². The molecule has 2 aliphatic rings. The minimum absolute atomic E-state index is 0.454. The van der Waals surface area contributed by atoms with Crippen molar-refractivity contribution in [3.63, 3.8) is 0 Å². The van der Waals surface area contributed by atoms with Crippen LogP contribution >= 0.6 is 8.60 Å². The van der Waals surface area contributed by atoms with Gasteiger partial charge in [-0.2, -0.15) is 0 Å². The van der Waals surface area contributed by atoms with Gasteiger partial charge >= 0.3 is 8.60 Å². The first-order chi connectivity index (χ1) is 13.2. The summed E-state index contributed by atoms with van der Waals surface area (Å²) in [6.07, 6.45) is 9.99. The molecule has 1 saturated heterocycles. The standard InChI is InChI=1S/C16H23N3.C4H11O3P/c1-2-5-13(6-3-1)14-7-9-15(10-8-14)19-16-17-11-4-12-18-16;1-2-3-4-7-8(5)6/h7-10,13H,1-6,11-12H2,(H2,17,18,19);5-6H,2-4H2,1H3. The van der Waals surface area contributed by atoms with Gasteiger partial charge in [-0.25, -0.2) is 4.99 Å². The number of hydrogen-bond donors (Lipinski definition) is 4. The lowest BCUT2D eigenvalue weighted by atomic mass is 9.84. The largest absolute Gasteiger partial charge is 0.356 e. The van der Waals surface area contributed by atoms with Gasteiger partial charge < -0.3 is 24.9 Å². The number of guanidine groups is 1. The van der Waals surface area contributed by atoms with Crippen LogP contribution in [0.1, 0.15) is 69.8 Å². The van der Waals surface area contributed by atoms with Gasteiger partial charge in [-0.15, -0.1) is 0 Å². The topological polar surface area (TPSA) is 86.1 Å². The number of aliphatic imine (C=N–C) groups is 1. The zero-order chi connectivity index (χ0) is 19.3. The van der Waals surface area contributed by atoms with Crippen molar-refractivity contribution in [3.8, 4) is 0 Å². The van der Waals surface area contributed by atoms with E-state index in [1.165, 1.54) is 44.1 Å². The van der Waals surface area contributed by atoms with E-state index in [0.717, 1.165) is 43.5 Å². The lowest BCUT2D eigenvalue weighted by molar-refractivity contribution is 0.251. The first-order valence-corrected chi connectivity index (χ1v) is 11.3. The number of nitrogens with one attached hydrogen (secondary N) is 2. The fourth-order valence-electron chi connectivity index (χ4n) is 3.32. The summed E-state index contributed by atoms with van der Waals surface area (Å²) in [5.41, 5.74) is 2.53. The molecular formula is C20H34N3O3P. The summed E-state index contributed by atoms with van der Waals surface area (Å²) < 4.78 is 4.46. The van der Waals surface area contributed by atoms with Gasteiger partial charge in [-0.3, -0.25) is 0 Å². The molecule has 1 saturated carbocycles. The van der Waals surface area contributed by atoms with Crippen LogP contribution in [0.4, 0.5) is 5.69 Å². The molecule has 2 fully saturated rings. The Morgan fingerprint density at radius 3 is 2.30 bits per heavy atom. The van der Waals surface area contributed by atoms with Crippen LogP contribution in [0.15, 0.2) is 29.3 Å². The summed E-state index contributed by atoms with van der Waals surface area (Å²) in [6.45, 7) is 4.51. The molecule has 6 nitrogen and oxygen atoms in total. The van der Waals surface area contributed by atoms with Crippen molar-refractivity contribution in [1.29, 1.82) is 0 Å². The quantitative estimate of drug-likeness (QED) is 0.426. The normalized spacial score (nSPS) is 17.6. The van der Waals surface area contributed by atoms with Crippen molar-refractivity contribution in [2.75, 3.05) is 19.7 Å². The lowest BCUT2D eigenvalue weighted by Gasteiger charge is -2.22. The Morgan fingerprint density at radius 1 is 1.04 bits per heavy atom. The molecule has 0 aromatic heterocycles. The summed E-state index contributed by atoms with van der Waals surface area (Å²) in [5.74, 6) is 1.69. The highest BCUT2D eigenvalue weighted by atomic mass is 31.2. The van der Waals surface area contributed by atoms with E-state index < -0.39 is 8.60 Å². The molecule has 0 atom stereocenters. The van der Waals surface area contributed by atoms with Gasteiger partial charge in [-0.05, 0) is 49.3 Å². The van der Waals surface area contributed by atoms with E-state index in [9.17, 15) is 0 Å². The molecule has 1 aromatic carbocycles. The van der Waals surface area contributed by atoms with E-state index in [1.807, 2.05) is 6.92 Å². The Morgan fingerprint density at radius 2 is 1.70 bits per heavy atom. The SMILES string of the molecule is CCCCOP(O)O.c1cc(C2CCCCC2)ccc1N=C1NCCCN1. The summed E-state index contributed by atoms with van der Waals surface area (Å²) >= 11 is 0. The molecule has 1 aliphatic heterocycles. The number of rotatable bonds is 6. The average molecular weight is 395 g/mol. The molecular weight excluding hydrogens is 361 g/mol. The third kappa shape index (κ3) is 9.02. The third-order valence-electron chi connectivity index (χ3n) is 4.85. The number of nitrogens with zero attached hydrogens (tertiary/aromatic N) is 1. The van der Waals surface area contributed by atoms with Crippen LogP contribution in [0.2, 0.25) is 0 Å². The fourth-order valence-corrected chi connectivity index (χ4v) is 3.61. The molecule has 0 bridgehead atoms. The van der Waals surface area contributed by atoms with Crippen LogP contribution in [0.3, 0.4) is 0 Å². The zero-order valence-electron chi connectivity index (χ0n) is 16.4. The monoisotopic (exact) mass is 395 g/mol. The lowest BCUT2D eigenvalue weighted by Crippen LogP contribution is -2.43. The van der Waals surface area contributed by atoms with Gasteiger partial charge in [0, 0.05) is 13.1 Å². The average Bonchev–Trinajstić information content (AvgIpc) is 2.71. The molecule has 1 heterocycles. The molecule has 3 rings (SSSR count). The summed E-state index contributed by atoms with van der Waals surface area (Å²) in [7, 11) is -2.11. The molecule has 0 spiro atoms. The van der Waals surface area contributed by atoms with Gasteiger partial charge in [-0.1, -0.05) is 44.7 Å². The van der Waals surface area contributed by atoms with Gasteiger partial charge in [0.15, 0.2) is 5.96 Å². The molecule has 1 aliphatic carbocycles. The van der Waals surface area contributed by atoms with Crippen molar-refractivity contribution >= 4 is 20.2 Å². The molecule has 1 aromatic rings. The fraction of sp³-hybridized carbons (Fsp3) is 0.650. The molecule has 4 N–H and O–H groups in total. The molecule has 7 heteroatoms. The molecule has 27 heavy (non-hydrogen) atoms. The van der Waals surface area contributed by atoms with E-state index in [2.05, 4.69) is 44.4 Å². The predicted octanol–water partition coefficient (Wildman–Crippen LogP) is 4.32. The molecule has 0 amide bonds. The molecule has 0 radical (unpaired) electrons. The highest BCUT2D eigenvalue weighted by Crippen LogP contribution is 2.33. The minimum atomic E-state index is -2.11. The van der Waals surface area contributed by atoms with E-state index in [0.29, 0.717) is 6.61 Å². The number of hydrogen-bond acceptors (Lipinski definition) is 4. The molecule has 152 valence electrons. The highest BCUT2D eigenvalue weighted by Gasteiger charge is 2.15.